The van der Waals surface area contributed by atoms with Crippen molar-refractivity contribution in [2.45, 2.75) is 6.54 Å². The molecule has 0 fully saturated rings. The molecule has 132 valence electrons. The predicted octanol–water partition coefficient (Wildman–Crippen LogP) is 3.77. The molecular formula is C21H16N4O2. The van der Waals surface area contributed by atoms with Crippen molar-refractivity contribution in [1.82, 2.24) is 9.78 Å². The lowest BCUT2D eigenvalue weighted by Crippen LogP contribution is -2.12. The molecule has 2 aromatic carbocycles. The van der Waals surface area contributed by atoms with Gasteiger partial charge in [-0.1, -0.05) is 6.07 Å². The van der Waals surface area contributed by atoms with Crippen molar-refractivity contribution in [3.8, 4) is 0 Å². The molecule has 0 aliphatic carbocycles. The van der Waals surface area contributed by atoms with Crippen LogP contribution in [0.15, 0.2) is 70.6 Å². The van der Waals surface area contributed by atoms with Crippen LogP contribution >= 0.6 is 0 Å². The fourth-order valence-electron chi connectivity index (χ4n) is 3.42. The first kappa shape index (κ1) is 15.6. The highest BCUT2D eigenvalue weighted by atomic mass is 16.3. The summed E-state index contributed by atoms with van der Waals surface area (Å²) in [6, 6.07) is 13.3. The van der Waals surface area contributed by atoms with E-state index in [1.807, 2.05) is 49.5 Å². The van der Waals surface area contributed by atoms with Gasteiger partial charge in [-0.25, -0.2) is 0 Å². The monoisotopic (exact) mass is 356 g/mol. The molecule has 27 heavy (non-hydrogen) atoms. The topological polar surface area (TPSA) is 72.4 Å². The van der Waals surface area contributed by atoms with Crippen LogP contribution in [0.3, 0.4) is 0 Å². The fourth-order valence-corrected chi connectivity index (χ4v) is 3.42. The summed E-state index contributed by atoms with van der Waals surface area (Å²) in [6.45, 7) is 0.641. The minimum atomic E-state index is -0.152. The Labute approximate surface area is 155 Å². The predicted molar refractivity (Wildman–Crippen MR) is 103 cm³/mol. The molecule has 1 aliphatic heterocycles. The van der Waals surface area contributed by atoms with Gasteiger partial charge in [-0.3, -0.25) is 14.5 Å². The molecule has 0 radical (unpaired) electrons. The van der Waals surface area contributed by atoms with Crippen LogP contribution in [0, 0.1) is 0 Å². The Hall–Kier alpha value is -3.67. The molecule has 1 N–H and O–H groups in total. The van der Waals surface area contributed by atoms with Crippen LogP contribution in [0.25, 0.3) is 10.9 Å². The Balaban J connectivity index is 1.43. The van der Waals surface area contributed by atoms with E-state index < -0.39 is 0 Å². The smallest absolute Gasteiger partial charge is 0.255 e. The number of nitrogens with one attached hydrogen (secondary N) is 1. The van der Waals surface area contributed by atoms with Crippen LogP contribution < -0.4 is 5.32 Å². The first-order valence-corrected chi connectivity index (χ1v) is 8.62. The number of carbonyl (C=O) groups is 1. The number of hydrogen-bond acceptors (Lipinski definition) is 4. The number of aryl methyl sites for hydroxylation is 1. The third kappa shape index (κ3) is 2.62. The van der Waals surface area contributed by atoms with E-state index in [0.29, 0.717) is 12.1 Å². The Morgan fingerprint density at radius 2 is 2.11 bits per heavy atom. The van der Waals surface area contributed by atoms with Crippen molar-refractivity contribution in [3.63, 3.8) is 0 Å². The van der Waals surface area contributed by atoms with Gasteiger partial charge in [0, 0.05) is 34.8 Å². The van der Waals surface area contributed by atoms with Gasteiger partial charge in [0.25, 0.3) is 5.91 Å². The second-order valence-corrected chi connectivity index (χ2v) is 6.54. The standard InChI is InChI=1S/C21H16N4O2/c1-25-19-5-3-13(8-16(19)11-23-25)21(26)24-17-4-2-14-10-22-20(18(14)9-17)15-6-7-27-12-15/h2-9,11-12H,10H2,1H3,(H,24,26). The minimum absolute atomic E-state index is 0.152. The van der Waals surface area contributed by atoms with E-state index in [4.69, 9.17) is 4.42 Å². The maximum atomic E-state index is 12.7. The molecule has 1 aliphatic rings. The first-order valence-electron chi connectivity index (χ1n) is 8.62. The number of amides is 1. The normalized spacial score (nSPS) is 12.9. The molecule has 6 nitrogen and oxygen atoms in total. The molecule has 0 saturated heterocycles. The van der Waals surface area contributed by atoms with Gasteiger partial charge in [-0.2, -0.15) is 5.10 Å². The second-order valence-electron chi connectivity index (χ2n) is 6.54. The number of nitrogens with zero attached hydrogens (tertiary/aromatic N) is 3. The molecule has 6 heteroatoms. The van der Waals surface area contributed by atoms with Crippen molar-refractivity contribution in [3.05, 3.63) is 83.4 Å². The Morgan fingerprint density at radius 1 is 1.19 bits per heavy atom. The van der Waals surface area contributed by atoms with Crippen molar-refractivity contribution >= 4 is 28.2 Å². The highest BCUT2D eigenvalue weighted by Crippen LogP contribution is 2.26. The summed E-state index contributed by atoms with van der Waals surface area (Å²) in [5, 5.41) is 8.14. The van der Waals surface area contributed by atoms with Gasteiger partial charge in [0.15, 0.2) is 0 Å². The number of hydrogen-bond donors (Lipinski definition) is 1. The summed E-state index contributed by atoms with van der Waals surface area (Å²) in [7, 11) is 1.88. The third-order valence-electron chi connectivity index (χ3n) is 4.83. The van der Waals surface area contributed by atoms with Gasteiger partial charge in [-0.05, 0) is 42.0 Å². The van der Waals surface area contributed by atoms with E-state index >= 15 is 0 Å². The zero-order valence-electron chi connectivity index (χ0n) is 14.6. The van der Waals surface area contributed by atoms with E-state index in [1.165, 1.54) is 0 Å². The average Bonchev–Trinajstić information content (AvgIpc) is 3.41. The van der Waals surface area contributed by atoms with Gasteiger partial charge < -0.3 is 9.73 Å². The molecule has 5 rings (SSSR count). The molecular weight excluding hydrogens is 340 g/mol. The number of furan rings is 1. The van der Waals surface area contributed by atoms with Crippen molar-refractivity contribution in [2.24, 2.45) is 12.0 Å². The molecule has 0 spiro atoms. The Bertz CT molecular complexity index is 1200. The van der Waals surface area contributed by atoms with Crippen molar-refractivity contribution < 1.29 is 9.21 Å². The molecule has 0 saturated carbocycles. The van der Waals surface area contributed by atoms with E-state index in [9.17, 15) is 4.79 Å². The van der Waals surface area contributed by atoms with Gasteiger partial charge >= 0.3 is 0 Å². The summed E-state index contributed by atoms with van der Waals surface area (Å²) < 4.78 is 6.96. The van der Waals surface area contributed by atoms with E-state index in [0.717, 1.165) is 39.0 Å². The summed E-state index contributed by atoms with van der Waals surface area (Å²) >= 11 is 0. The number of anilines is 1. The maximum absolute atomic E-state index is 12.7. The van der Waals surface area contributed by atoms with Crippen LogP contribution in [0.2, 0.25) is 0 Å². The van der Waals surface area contributed by atoms with Crippen LogP contribution in [0.4, 0.5) is 5.69 Å². The molecule has 0 unspecified atom stereocenters. The lowest BCUT2D eigenvalue weighted by molar-refractivity contribution is 0.102. The highest BCUT2D eigenvalue weighted by molar-refractivity contribution is 6.16. The highest BCUT2D eigenvalue weighted by Gasteiger charge is 2.19. The molecule has 4 aromatic rings. The minimum Gasteiger partial charge on any atom is -0.472 e. The van der Waals surface area contributed by atoms with Gasteiger partial charge in [-0.15, -0.1) is 0 Å². The SMILES string of the molecule is Cn1ncc2cc(C(=O)Nc3ccc4c(c3)C(c3ccoc3)=NC4)ccc21. The molecule has 1 amide bonds. The maximum Gasteiger partial charge on any atom is 0.255 e. The molecule has 2 aromatic heterocycles. The number of benzene rings is 2. The zero-order valence-corrected chi connectivity index (χ0v) is 14.6. The second kappa shape index (κ2) is 5.95. The lowest BCUT2D eigenvalue weighted by Gasteiger charge is -2.09. The Morgan fingerprint density at radius 3 is 2.96 bits per heavy atom. The van der Waals surface area contributed by atoms with Crippen molar-refractivity contribution in [2.75, 3.05) is 5.32 Å². The first-order chi connectivity index (χ1) is 13.2. The Kier molecular flexibility index (Phi) is 3.43. The van der Waals surface area contributed by atoms with Gasteiger partial charge in [0.1, 0.15) is 0 Å². The average molecular weight is 356 g/mol. The zero-order chi connectivity index (χ0) is 18.4. The largest absolute Gasteiger partial charge is 0.472 e. The molecule has 3 heterocycles. The van der Waals surface area contributed by atoms with Crippen molar-refractivity contribution in [1.29, 1.82) is 0 Å². The number of aromatic nitrogens is 2. The quantitative estimate of drug-likeness (QED) is 0.607. The van der Waals surface area contributed by atoms with E-state index in [-0.39, 0.29) is 5.91 Å². The van der Waals surface area contributed by atoms with Crippen LogP contribution in [-0.2, 0) is 13.6 Å². The summed E-state index contributed by atoms with van der Waals surface area (Å²) in [5.74, 6) is -0.152. The summed E-state index contributed by atoms with van der Waals surface area (Å²) in [4.78, 5) is 17.3. The summed E-state index contributed by atoms with van der Waals surface area (Å²) in [5.41, 5.74) is 6.33. The van der Waals surface area contributed by atoms with E-state index in [1.54, 1.807) is 23.4 Å². The van der Waals surface area contributed by atoms with Gasteiger partial charge in [0.2, 0.25) is 0 Å². The number of carbonyl (C=O) groups excluding carboxylic acids is 1. The number of aliphatic imine (C=N–C) groups is 1. The van der Waals surface area contributed by atoms with Crippen LogP contribution in [0.5, 0.6) is 0 Å². The summed E-state index contributed by atoms with van der Waals surface area (Å²) in [6.07, 6.45) is 5.08. The van der Waals surface area contributed by atoms with Crippen LogP contribution in [-0.4, -0.2) is 21.4 Å². The number of fused-ring (bicyclic) bond motifs is 2. The lowest BCUT2D eigenvalue weighted by atomic mass is 10.0. The number of rotatable bonds is 3. The van der Waals surface area contributed by atoms with Gasteiger partial charge in [0.05, 0.1) is 36.5 Å². The van der Waals surface area contributed by atoms with E-state index in [2.05, 4.69) is 15.4 Å². The fraction of sp³-hybridized carbons (Fsp3) is 0.0952. The molecule has 0 bridgehead atoms. The third-order valence-corrected chi connectivity index (χ3v) is 4.83. The van der Waals surface area contributed by atoms with Crippen LogP contribution in [0.1, 0.15) is 27.0 Å². The molecule has 0 atom stereocenters.